The van der Waals surface area contributed by atoms with Crippen molar-refractivity contribution in [3.05, 3.63) is 35.9 Å². The lowest BCUT2D eigenvalue weighted by Gasteiger charge is -2.23. The fourth-order valence-corrected chi connectivity index (χ4v) is 4.03. The Balaban J connectivity index is 1.54. The summed E-state index contributed by atoms with van der Waals surface area (Å²) in [4.78, 5) is 12.1. The summed E-state index contributed by atoms with van der Waals surface area (Å²) < 4.78 is 0. The lowest BCUT2D eigenvalue weighted by Crippen LogP contribution is -2.48. The van der Waals surface area contributed by atoms with Gasteiger partial charge in [0.1, 0.15) is 0 Å². The van der Waals surface area contributed by atoms with Gasteiger partial charge >= 0.3 is 0 Å². The zero-order chi connectivity index (χ0) is 14.1. The van der Waals surface area contributed by atoms with Crippen molar-refractivity contribution in [2.75, 3.05) is 18.1 Å². The summed E-state index contributed by atoms with van der Waals surface area (Å²) in [5.74, 6) is 1.23. The zero-order valence-corrected chi connectivity index (χ0v) is 12.4. The summed E-state index contributed by atoms with van der Waals surface area (Å²) in [6.07, 6.45) is 3.92. The highest BCUT2D eigenvalue weighted by Crippen LogP contribution is 2.47. The fraction of sp³-hybridized carbons (Fsp3) is 0.562. The Morgan fingerprint density at radius 3 is 2.60 bits per heavy atom. The molecule has 1 amide bonds. The molecular weight excluding hydrogens is 270 g/mol. The number of amides is 1. The third-order valence-corrected chi connectivity index (χ3v) is 5.60. The first-order valence-corrected chi connectivity index (χ1v) is 8.40. The molecule has 3 rings (SSSR count). The van der Waals surface area contributed by atoms with E-state index >= 15 is 0 Å². The van der Waals surface area contributed by atoms with E-state index in [1.54, 1.807) is 11.8 Å². The van der Waals surface area contributed by atoms with Crippen LogP contribution in [0.2, 0.25) is 0 Å². The molecule has 2 fully saturated rings. The van der Waals surface area contributed by atoms with Gasteiger partial charge in [0.2, 0.25) is 0 Å². The van der Waals surface area contributed by atoms with Gasteiger partial charge in [-0.1, -0.05) is 30.3 Å². The molecule has 1 saturated carbocycles. The van der Waals surface area contributed by atoms with Crippen molar-refractivity contribution in [3.63, 3.8) is 0 Å². The fourth-order valence-electron chi connectivity index (χ4n) is 2.79. The van der Waals surface area contributed by atoms with Crippen LogP contribution in [0, 0.1) is 5.41 Å². The van der Waals surface area contributed by atoms with Crippen molar-refractivity contribution in [3.8, 4) is 0 Å². The van der Waals surface area contributed by atoms with E-state index in [2.05, 4.69) is 29.6 Å². The summed E-state index contributed by atoms with van der Waals surface area (Å²) in [7, 11) is 0. The van der Waals surface area contributed by atoms with Crippen molar-refractivity contribution in [1.29, 1.82) is 0 Å². The number of benzene rings is 1. The maximum absolute atomic E-state index is 12.1. The van der Waals surface area contributed by atoms with Crippen molar-refractivity contribution in [2.24, 2.45) is 5.41 Å². The molecule has 1 aliphatic carbocycles. The van der Waals surface area contributed by atoms with E-state index in [0.717, 1.165) is 25.0 Å². The van der Waals surface area contributed by atoms with E-state index in [-0.39, 0.29) is 11.3 Å². The second-order valence-corrected chi connectivity index (χ2v) is 7.28. The van der Waals surface area contributed by atoms with Crippen LogP contribution in [0.3, 0.4) is 0 Å². The summed E-state index contributed by atoms with van der Waals surface area (Å²) >= 11 is 1.65. The molecular formula is C16H21NO2S. The lowest BCUT2D eigenvalue weighted by molar-refractivity contribution is -0.137. The third-order valence-electron chi connectivity index (χ3n) is 4.43. The van der Waals surface area contributed by atoms with Crippen molar-refractivity contribution >= 4 is 17.7 Å². The van der Waals surface area contributed by atoms with Gasteiger partial charge in [-0.3, -0.25) is 4.79 Å². The monoisotopic (exact) mass is 291 g/mol. The maximum Gasteiger partial charge on any atom is 0.252 e. The van der Waals surface area contributed by atoms with E-state index in [1.165, 1.54) is 5.56 Å². The van der Waals surface area contributed by atoms with Crippen molar-refractivity contribution in [2.45, 2.75) is 31.3 Å². The molecule has 1 saturated heterocycles. The topological polar surface area (TPSA) is 49.3 Å². The quantitative estimate of drug-likeness (QED) is 0.872. The molecule has 1 atom stereocenters. The third kappa shape index (κ3) is 3.01. The SMILES string of the molecule is O=C(NCC1(Cc2ccccc2)CC1)C1(O)CCSC1. The number of rotatable bonds is 5. The van der Waals surface area contributed by atoms with Crippen LogP contribution in [0.5, 0.6) is 0 Å². The zero-order valence-electron chi connectivity index (χ0n) is 11.6. The molecule has 1 unspecified atom stereocenters. The van der Waals surface area contributed by atoms with Crippen LogP contribution < -0.4 is 5.32 Å². The van der Waals surface area contributed by atoms with E-state index in [9.17, 15) is 9.90 Å². The van der Waals surface area contributed by atoms with Crippen LogP contribution in [0.15, 0.2) is 30.3 Å². The molecule has 4 heteroatoms. The molecule has 2 N–H and O–H groups in total. The van der Waals surface area contributed by atoms with E-state index in [1.807, 2.05) is 6.07 Å². The first-order valence-electron chi connectivity index (χ1n) is 7.24. The Morgan fingerprint density at radius 1 is 1.25 bits per heavy atom. The van der Waals surface area contributed by atoms with Crippen LogP contribution in [0.1, 0.15) is 24.8 Å². The maximum atomic E-state index is 12.1. The lowest BCUT2D eigenvalue weighted by atomic mass is 9.95. The molecule has 1 aromatic carbocycles. The minimum atomic E-state index is -1.13. The number of aliphatic hydroxyl groups is 1. The number of carbonyl (C=O) groups is 1. The average Bonchev–Trinajstić information content (AvgIpc) is 3.07. The first kappa shape index (κ1) is 14.0. The molecule has 20 heavy (non-hydrogen) atoms. The summed E-state index contributed by atoms with van der Waals surface area (Å²) in [6, 6.07) is 10.4. The molecule has 0 aromatic heterocycles. The molecule has 2 aliphatic rings. The Hall–Kier alpha value is -1.00. The molecule has 0 spiro atoms. The minimum absolute atomic E-state index is 0.179. The predicted molar refractivity (Wildman–Crippen MR) is 81.7 cm³/mol. The molecule has 0 bridgehead atoms. The van der Waals surface area contributed by atoms with Gasteiger partial charge in [-0.25, -0.2) is 0 Å². The highest BCUT2D eigenvalue weighted by atomic mass is 32.2. The first-order chi connectivity index (χ1) is 9.62. The molecule has 1 heterocycles. The molecule has 108 valence electrons. The number of nitrogens with one attached hydrogen (secondary N) is 1. The highest BCUT2D eigenvalue weighted by Gasteiger charge is 2.45. The van der Waals surface area contributed by atoms with Gasteiger partial charge in [-0.2, -0.15) is 11.8 Å². The van der Waals surface area contributed by atoms with Crippen molar-refractivity contribution in [1.82, 2.24) is 5.32 Å². The van der Waals surface area contributed by atoms with E-state index < -0.39 is 5.60 Å². The minimum Gasteiger partial charge on any atom is -0.379 e. The molecule has 1 aromatic rings. The average molecular weight is 291 g/mol. The van der Waals surface area contributed by atoms with Gasteiger partial charge in [0, 0.05) is 12.3 Å². The van der Waals surface area contributed by atoms with Gasteiger partial charge in [0.25, 0.3) is 5.91 Å². The van der Waals surface area contributed by atoms with Gasteiger partial charge in [-0.15, -0.1) is 0 Å². The Morgan fingerprint density at radius 2 is 2.00 bits per heavy atom. The number of carbonyl (C=O) groups excluding carboxylic acids is 1. The highest BCUT2D eigenvalue weighted by molar-refractivity contribution is 7.99. The molecule has 3 nitrogen and oxygen atoms in total. The second kappa shape index (κ2) is 5.41. The van der Waals surface area contributed by atoms with Gasteiger partial charge in [-0.05, 0) is 42.4 Å². The van der Waals surface area contributed by atoms with Crippen LogP contribution in [0.4, 0.5) is 0 Å². The molecule has 1 aliphatic heterocycles. The van der Waals surface area contributed by atoms with Crippen molar-refractivity contribution < 1.29 is 9.90 Å². The predicted octanol–water partition coefficient (Wildman–Crippen LogP) is 1.99. The number of thioether (sulfide) groups is 1. The van der Waals surface area contributed by atoms with Gasteiger partial charge in [0.15, 0.2) is 5.60 Å². The summed E-state index contributed by atoms with van der Waals surface area (Å²) in [5.41, 5.74) is 0.418. The Kier molecular flexibility index (Phi) is 3.78. The van der Waals surface area contributed by atoms with Crippen LogP contribution in [-0.4, -0.2) is 34.7 Å². The van der Waals surface area contributed by atoms with E-state index in [0.29, 0.717) is 18.7 Å². The number of hydrogen-bond donors (Lipinski definition) is 2. The van der Waals surface area contributed by atoms with Gasteiger partial charge in [0.05, 0.1) is 0 Å². The van der Waals surface area contributed by atoms with Crippen LogP contribution >= 0.6 is 11.8 Å². The summed E-state index contributed by atoms with van der Waals surface area (Å²) in [6.45, 7) is 0.688. The molecule has 0 radical (unpaired) electrons. The van der Waals surface area contributed by atoms with E-state index in [4.69, 9.17) is 0 Å². The van der Waals surface area contributed by atoms with Gasteiger partial charge < -0.3 is 10.4 Å². The standard InChI is InChI=1S/C16H21NO2S/c18-14(16(19)8-9-20-12-16)17-11-15(6-7-15)10-13-4-2-1-3-5-13/h1-5,19H,6-12H2,(H,17,18). The Bertz CT molecular complexity index is 479. The summed E-state index contributed by atoms with van der Waals surface area (Å²) in [5, 5.41) is 13.2. The largest absolute Gasteiger partial charge is 0.379 e. The van der Waals surface area contributed by atoms with Crippen LogP contribution in [0.25, 0.3) is 0 Å². The number of hydrogen-bond acceptors (Lipinski definition) is 3. The van der Waals surface area contributed by atoms with Crippen LogP contribution in [-0.2, 0) is 11.2 Å². The second-order valence-electron chi connectivity index (χ2n) is 6.18. The normalized spacial score (nSPS) is 27.2. The smallest absolute Gasteiger partial charge is 0.252 e. The Labute approximate surface area is 124 Å².